The van der Waals surface area contributed by atoms with Gasteiger partial charge in [0, 0.05) is 6.61 Å². The number of hydrogen-bond acceptors (Lipinski definition) is 6. The molecule has 0 aromatic heterocycles. The fourth-order valence-electron chi connectivity index (χ4n) is 5.11. The predicted octanol–water partition coefficient (Wildman–Crippen LogP) is 2.52. The van der Waals surface area contributed by atoms with Crippen LogP contribution in [0.1, 0.15) is 25.7 Å². The van der Waals surface area contributed by atoms with E-state index in [1.54, 1.807) is 18.2 Å². The number of fused-ring (bicyclic) bond motifs is 3. The molecular weight excluding hydrogens is 348 g/mol. The number of methoxy groups -OCH3 is 1. The highest BCUT2D eigenvalue weighted by molar-refractivity contribution is 6.05. The maximum Gasteiger partial charge on any atom is 0.156 e. The second-order valence-electron chi connectivity index (χ2n) is 7.77. The summed E-state index contributed by atoms with van der Waals surface area (Å²) < 4.78 is 5.31. The first-order valence-corrected chi connectivity index (χ1v) is 9.44. The van der Waals surface area contributed by atoms with Gasteiger partial charge in [-0.1, -0.05) is 12.2 Å². The lowest BCUT2D eigenvalue weighted by molar-refractivity contribution is -0.145. The molecule has 0 spiro atoms. The minimum absolute atomic E-state index is 0.0634. The number of carbonyl (C=O) groups is 2. The van der Waals surface area contributed by atoms with Gasteiger partial charge in [0.2, 0.25) is 0 Å². The van der Waals surface area contributed by atoms with E-state index in [0.29, 0.717) is 36.2 Å². The largest absolute Gasteiger partial charge is 0.511 e. The van der Waals surface area contributed by atoms with Gasteiger partial charge in [-0.15, -0.1) is 0 Å². The zero-order chi connectivity index (χ0) is 19.3. The van der Waals surface area contributed by atoms with Gasteiger partial charge in [0.05, 0.1) is 30.8 Å². The Morgan fingerprint density at radius 2 is 1.78 bits per heavy atom. The molecule has 0 aliphatic heterocycles. The van der Waals surface area contributed by atoms with E-state index in [1.165, 1.54) is 7.11 Å². The number of hydrogen-bond donors (Lipinski definition) is 3. The lowest BCUT2D eigenvalue weighted by Crippen LogP contribution is -2.51. The van der Waals surface area contributed by atoms with Crippen molar-refractivity contribution in [3.8, 4) is 0 Å². The van der Waals surface area contributed by atoms with Gasteiger partial charge in [0.25, 0.3) is 0 Å². The maximum absolute atomic E-state index is 13.2. The van der Waals surface area contributed by atoms with Crippen LogP contribution in [0.4, 0.5) is 0 Å². The van der Waals surface area contributed by atoms with E-state index in [0.717, 1.165) is 6.42 Å². The normalized spacial score (nSPS) is 35.5. The van der Waals surface area contributed by atoms with Crippen molar-refractivity contribution < 1.29 is 29.6 Å². The van der Waals surface area contributed by atoms with Crippen molar-refractivity contribution in [1.82, 2.24) is 0 Å². The summed E-state index contributed by atoms with van der Waals surface area (Å²) in [7, 11) is 1.46. The second kappa shape index (κ2) is 6.68. The Morgan fingerprint density at radius 3 is 2.48 bits per heavy atom. The van der Waals surface area contributed by atoms with Crippen LogP contribution in [0, 0.1) is 29.6 Å². The highest BCUT2D eigenvalue weighted by Crippen LogP contribution is 2.51. The molecule has 5 atom stereocenters. The molecule has 4 aliphatic rings. The third kappa shape index (κ3) is 2.57. The van der Waals surface area contributed by atoms with Crippen molar-refractivity contribution in [3.05, 3.63) is 46.7 Å². The minimum atomic E-state index is -1.04. The van der Waals surface area contributed by atoms with Crippen LogP contribution >= 0.6 is 0 Å². The molecule has 0 saturated heterocycles. The molecule has 144 valence electrons. The molecule has 0 amide bonds. The van der Waals surface area contributed by atoms with Gasteiger partial charge >= 0.3 is 0 Å². The molecule has 0 aromatic rings. The standard InChI is InChI=1S/C21H24O6/c1-27-14-4-2-3-12-15(14)21(26)17-16(19(12)24)20(25)13-9-10(7-8-22)5-6-11(13)18(17)23/h2-4,10,12,15-17,22-23,25H,5-9H2,1H3. The van der Waals surface area contributed by atoms with Crippen LogP contribution in [0.3, 0.4) is 0 Å². The molecule has 0 bridgehead atoms. The quantitative estimate of drug-likeness (QED) is 0.703. The summed E-state index contributed by atoms with van der Waals surface area (Å²) in [6, 6.07) is 0. The Labute approximate surface area is 157 Å². The molecular formula is C21H24O6. The zero-order valence-corrected chi connectivity index (χ0v) is 15.2. The molecule has 6 heteroatoms. The number of ether oxygens (including phenoxy) is 1. The average molecular weight is 372 g/mol. The topological polar surface area (TPSA) is 104 Å². The molecule has 0 heterocycles. The number of ketones is 2. The van der Waals surface area contributed by atoms with Crippen molar-refractivity contribution >= 4 is 11.6 Å². The molecule has 4 aliphatic carbocycles. The summed E-state index contributed by atoms with van der Waals surface area (Å²) in [4.78, 5) is 26.4. The van der Waals surface area contributed by atoms with Crippen LogP contribution in [0.5, 0.6) is 0 Å². The van der Waals surface area contributed by atoms with Crippen molar-refractivity contribution in [2.75, 3.05) is 13.7 Å². The van der Waals surface area contributed by atoms with Crippen molar-refractivity contribution in [1.29, 1.82) is 0 Å². The lowest BCUT2D eigenvalue weighted by atomic mass is 9.59. The van der Waals surface area contributed by atoms with Gasteiger partial charge in [-0.3, -0.25) is 9.59 Å². The summed E-state index contributed by atoms with van der Waals surface area (Å²) in [6.07, 6.45) is 7.45. The van der Waals surface area contributed by atoms with Gasteiger partial charge in [0.1, 0.15) is 17.3 Å². The number of aliphatic hydroxyl groups is 3. The number of rotatable bonds is 3. The second-order valence-corrected chi connectivity index (χ2v) is 7.77. The van der Waals surface area contributed by atoms with Crippen LogP contribution < -0.4 is 0 Å². The van der Waals surface area contributed by atoms with Crippen molar-refractivity contribution in [3.63, 3.8) is 0 Å². The Hall–Kier alpha value is -2.34. The summed E-state index contributed by atoms with van der Waals surface area (Å²) >= 11 is 0. The summed E-state index contributed by atoms with van der Waals surface area (Å²) in [5.41, 5.74) is 1.18. The molecule has 6 nitrogen and oxygen atoms in total. The van der Waals surface area contributed by atoms with E-state index in [9.17, 15) is 24.9 Å². The molecule has 4 rings (SSSR count). The van der Waals surface area contributed by atoms with E-state index >= 15 is 0 Å². The Balaban J connectivity index is 1.77. The van der Waals surface area contributed by atoms with E-state index in [4.69, 9.17) is 4.74 Å². The molecule has 2 saturated carbocycles. The third-order valence-electron chi connectivity index (χ3n) is 6.47. The van der Waals surface area contributed by atoms with E-state index in [-0.39, 0.29) is 35.6 Å². The van der Waals surface area contributed by atoms with Gasteiger partial charge in [-0.25, -0.2) is 0 Å². The van der Waals surface area contributed by atoms with Crippen LogP contribution in [-0.2, 0) is 14.3 Å². The van der Waals surface area contributed by atoms with Gasteiger partial charge in [-0.05, 0) is 48.8 Å². The summed E-state index contributed by atoms with van der Waals surface area (Å²) in [6.45, 7) is 0.0634. The predicted molar refractivity (Wildman–Crippen MR) is 96.6 cm³/mol. The number of aliphatic hydroxyl groups excluding tert-OH is 3. The van der Waals surface area contributed by atoms with Crippen LogP contribution in [-0.4, -0.2) is 40.6 Å². The van der Waals surface area contributed by atoms with Crippen LogP contribution in [0.2, 0.25) is 0 Å². The Bertz CT molecular complexity index is 815. The van der Waals surface area contributed by atoms with Gasteiger partial charge in [0.15, 0.2) is 11.6 Å². The van der Waals surface area contributed by atoms with Crippen molar-refractivity contribution in [2.45, 2.75) is 25.7 Å². The first kappa shape index (κ1) is 18.0. The maximum atomic E-state index is 13.2. The molecule has 3 N–H and O–H groups in total. The monoisotopic (exact) mass is 372 g/mol. The molecule has 0 aromatic carbocycles. The summed E-state index contributed by atoms with van der Waals surface area (Å²) in [5.74, 6) is -3.60. The molecule has 5 unspecified atom stereocenters. The molecule has 2 fully saturated rings. The smallest absolute Gasteiger partial charge is 0.156 e. The average Bonchev–Trinajstić information content (AvgIpc) is 2.68. The zero-order valence-electron chi connectivity index (χ0n) is 15.2. The van der Waals surface area contributed by atoms with E-state index in [2.05, 4.69) is 0 Å². The third-order valence-corrected chi connectivity index (χ3v) is 6.47. The van der Waals surface area contributed by atoms with Gasteiger partial charge < -0.3 is 20.1 Å². The fraction of sp³-hybridized carbons (Fsp3) is 0.524. The summed E-state index contributed by atoms with van der Waals surface area (Å²) in [5, 5.41) is 31.0. The minimum Gasteiger partial charge on any atom is -0.511 e. The first-order chi connectivity index (χ1) is 13.0. The Kier molecular flexibility index (Phi) is 4.46. The highest BCUT2D eigenvalue weighted by Gasteiger charge is 2.56. The molecule has 27 heavy (non-hydrogen) atoms. The lowest BCUT2D eigenvalue weighted by Gasteiger charge is -2.43. The highest BCUT2D eigenvalue weighted by atomic mass is 16.5. The SMILES string of the molecule is COC1=CC=CC2C(=O)C3C(O)=C4CC(CCO)CCC4=C(O)C3C(=O)C12. The van der Waals surface area contributed by atoms with E-state index in [1.807, 2.05) is 0 Å². The fourth-order valence-corrected chi connectivity index (χ4v) is 5.11. The van der Waals surface area contributed by atoms with Gasteiger partial charge in [-0.2, -0.15) is 0 Å². The van der Waals surface area contributed by atoms with Crippen LogP contribution in [0.15, 0.2) is 46.7 Å². The van der Waals surface area contributed by atoms with Crippen molar-refractivity contribution in [2.24, 2.45) is 29.6 Å². The van der Waals surface area contributed by atoms with Crippen LogP contribution in [0.25, 0.3) is 0 Å². The number of allylic oxidation sites excluding steroid dienone is 8. The Morgan fingerprint density at radius 1 is 1.07 bits per heavy atom. The molecule has 0 radical (unpaired) electrons. The van der Waals surface area contributed by atoms with E-state index < -0.39 is 23.7 Å². The first-order valence-electron chi connectivity index (χ1n) is 9.44. The number of carbonyl (C=O) groups excluding carboxylic acids is 2. The number of Topliss-reactive ketones (excluding diaryl/α,β-unsaturated/α-hetero) is 2.